The molecule has 0 aliphatic heterocycles. The van der Waals surface area contributed by atoms with Crippen LogP contribution in [0, 0.1) is 5.82 Å². The van der Waals surface area contributed by atoms with E-state index in [-0.39, 0.29) is 5.82 Å². The molecule has 0 saturated heterocycles. The third kappa shape index (κ3) is 4.69. The Hall–Kier alpha value is -0.740. The fourth-order valence-corrected chi connectivity index (χ4v) is 2.66. The molecule has 0 amide bonds. The molecular weight excluding hydrogens is 259 g/mol. The lowest BCUT2D eigenvalue weighted by Gasteiger charge is -2.29. The van der Waals surface area contributed by atoms with Gasteiger partial charge in [-0.15, -0.1) is 0 Å². The van der Waals surface area contributed by atoms with Crippen molar-refractivity contribution in [1.82, 2.24) is 5.32 Å². The zero-order valence-electron chi connectivity index (χ0n) is 12.5. The van der Waals surface area contributed by atoms with Crippen LogP contribution in [0.4, 0.5) is 10.1 Å². The Bertz CT molecular complexity index is 396. The van der Waals surface area contributed by atoms with E-state index in [9.17, 15) is 4.39 Å². The first kappa shape index (κ1) is 16.3. The molecule has 108 valence electrons. The van der Waals surface area contributed by atoms with Gasteiger partial charge >= 0.3 is 0 Å². The van der Waals surface area contributed by atoms with Gasteiger partial charge in [-0.3, -0.25) is 0 Å². The molecule has 19 heavy (non-hydrogen) atoms. The van der Waals surface area contributed by atoms with Gasteiger partial charge in [0.05, 0.1) is 0 Å². The molecule has 0 spiro atoms. The standard InChI is InChI=1S/C15H25FN2S/c1-11(2)17-9-13-14(16)7-6-8-15(13)18(4)12(3)10-19-5/h6-8,11-12,17H,9-10H2,1-5H3. The van der Waals surface area contributed by atoms with Crippen LogP contribution in [0.2, 0.25) is 0 Å². The minimum absolute atomic E-state index is 0.131. The van der Waals surface area contributed by atoms with Crippen LogP contribution in [-0.4, -0.2) is 31.1 Å². The van der Waals surface area contributed by atoms with Crippen molar-refractivity contribution in [2.24, 2.45) is 0 Å². The van der Waals surface area contributed by atoms with Crippen molar-refractivity contribution in [3.05, 3.63) is 29.6 Å². The molecule has 1 atom stereocenters. The van der Waals surface area contributed by atoms with Gasteiger partial charge in [0.15, 0.2) is 0 Å². The van der Waals surface area contributed by atoms with Crippen molar-refractivity contribution in [2.45, 2.75) is 39.4 Å². The van der Waals surface area contributed by atoms with E-state index in [2.05, 4.69) is 37.2 Å². The van der Waals surface area contributed by atoms with Gasteiger partial charge in [-0.1, -0.05) is 19.9 Å². The minimum atomic E-state index is -0.131. The lowest BCUT2D eigenvalue weighted by Crippen LogP contribution is -2.33. The van der Waals surface area contributed by atoms with Crippen LogP contribution < -0.4 is 10.2 Å². The highest BCUT2D eigenvalue weighted by molar-refractivity contribution is 7.98. The first-order chi connectivity index (χ1) is 8.97. The number of nitrogens with zero attached hydrogens (tertiary/aromatic N) is 1. The highest BCUT2D eigenvalue weighted by Gasteiger charge is 2.16. The molecule has 1 N–H and O–H groups in total. The molecular formula is C15H25FN2S. The summed E-state index contributed by atoms with van der Waals surface area (Å²) in [5, 5.41) is 3.30. The normalized spacial score (nSPS) is 12.8. The average Bonchev–Trinajstić information content (AvgIpc) is 2.36. The lowest BCUT2D eigenvalue weighted by molar-refractivity contribution is 0.551. The van der Waals surface area contributed by atoms with Crippen LogP contribution in [0.5, 0.6) is 0 Å². The first-order valence-corrected chi connectivity index (χ1v) is 8.09. The summed E-state index contributed by atoms with van der Waals surface area (Å²) in [6.45, 7) is 6.87. The molecule has 0 aliphatic rings. The molecule has 2 nitrogen and oxygen atoms in total. The Morgan fingerprint density at radius 1 is 1.32 bits per heavy atom. The van der Waals surface area contributed by atoms with Crippen LogP contribution >= 0.6 is 11.8 Å². The van der Waals surface area contributed by atoms with Crippen molar-refractivity contribution in [3.8, 4) is 0 Å². The molecule has 1 aromatic carbocycles. The van der Waals surface area contributed by atoms with E-state index in [0.717, 1.165) is 17.0 Å². The largest absolute Gasteiger partial charge is 0.371 e. The monoisotopic (exact) mass is 284 g/mol. The third-order valence-corrected chi connectivity index (χ3v) is 4.05. The van der Waals surface area contributed by atoms with Crippen molar-refractivity contribution < 1.29 is 4.39 Å². The van der Waals surface area contributed by atoms with Gasteiger partial charge < -0.3 is 10.2 Å². The molecule has 0 radical (unpaired) electrons. The zero-order chi connectivity index (χ0) is 14.4. The number of nitrogens with one attached hydrogen (secondary N) is 1. The van der Waals surface area contributed by atoms with Crippen molar-refractivity contribution >= 4 is 17.4 Å². The molecule has 0 aliphatic carbocycles. The Balaban J connectivity index is 2.95. The van der Waals surface area contributed by atoms with E-state index in [1.807, 2.05) is 24.9 Å². The summed E-state index contributed by atoms with van der Waals surface area (Å²) in [4.78, 5) is 2.16. The van der Waals surface area contributed by atoms with Crippen LogP contribution in [0.3, 0.4) is 0 Å². The number of thioether (sulfide) groups is 1. The van der Waals surface area contributed by atoms with Gasteiger partial charge in [0.2, 0.25) is 0 Å². The lowest BCUT2D eigenvalue weighted by atomic mass is 10.1. The van der Waals surface area contributed by atoms with E-state index in [0.29, 0.717) is 18.6 Å². The number of hydrogen-bond acceptors (Lipinski definition) is 3. The summed E-state index contributed by atoms with van der Waals surface area (Å²) in [6, 6.07) is 6.05. The Kier molecular flexibility index (Phi) is 6.66. The highest BCUT2D eigenvalue weighted by atomic mass is 32.2. The van der Waals surface area contributed by atoms with Gasteiger partial charge in [0, 0.05) is 42.7 Å². The van der Waals surface area contributed by atoms with E-state index < -0.39 is 0 Å². The van der Waals surface area contributed by atoms with Crippen molar-refractivity contribution in [1.29, 1.82) is 0 Å². The molecule has 1 unspecified atom stereocenters. The molecule has 0 saturated carbocycles. The Morgan fingerprint density at radius 2 is 2.00 bits per heavy atom. The molecule has 0 aromatic heterocycles. The van der Waals surface area contributed by atoms with E-state index in [1.165, 1.54) is 6.07 Å². The molecule has 4 heteroatoms. The van der Waals surface area contributed by atoms with Gasteiger partial charge in [0.25, 0.3) is 0 Å². The summed E-state index contributed by atoms with van der Waals surface area (Å²) in [5.41, 5.74) is 1.74. The number of halogens is 1. The first-order valence-electron chi connectivity index (χ1n) is 6.70. The van der Waals surface area contributed by atoms with E-state index >= 15 is 0 Å². The fraction of sp³-hybridized carbons (Fsp3) is 0.600. The highest BCUT2D eigenvalue weighted by Crippen LogP contribution is 2.24. The molecule has 0 heterocycles. The van der Waals surface area contributed by atoms with Gasteiger partial charge in [-0.05, 0) is 25.3 Å². The number of anilines is 1. The summed E-state index contributed by atoms with van der Waals surface area (Å²) in [7, 11) is 2.04. The molecule has 1 rings (SSSR count). The Labute approximate surface area is 120 Å². The second-order valence-corrected chi connectivity index (χ2v) is 6.10. The number of rotatable bonds is 7. The molecule has 0 fully saturated rings. The average molecular weight is 284 g/mol. The van der Waals surface area contributed by atoms with Crippen LogP contribution in [0.1, 0.15) is 26.3 Å². The summed E-state index contributed by atoms with van der Waals surface area (Å²) < 4.78 is 14.0. The molecule has 0 bridgehead atoms. The maximum Gasteiger partial charge on any atom is 0.129 e. The van der Waals surface area contributed by atoms with Crippen LogP contribution in [-0.2, 0) is 6.54 Å². The van der Waals surface area contributed by atoms with Crippen LogP contribution in [0.15, 0.2) is 18.2 Å². The van der Waals surface area contributed by atoms with Gasteiger partial charge in [0.1, 0.15) is 5.82 Å². The number of benzene rings is 1. The second-order valence-electron chi connectivity index (χ2n) is 5.19. The van der Waals surface area contributed by atoms with Gasteiger partial charge in [-0.2, -0.15) is 11.8 Å². The second kappa shape index (κ2) is 7.75. The Morgan fingerprint density at radius 3 is 2.58 bits per heavy atom. The summed E-state index contributed by atoms with van der Waals surface area (Å²) in [5.74, 6) is 0.901. The smallest absolute Gasteiger partial charge is 0.129 e. The summed E-state index contributed by atoms with van der Waals surface area (Å²) in [6.07, 6.45) is 2.09. The summed E-state index contributed by atoms with van der Waals surface area (Å²) >= 11 is 1.81. The topological polar surface area (TPSA) is 15.3 Å². The maximum absolute atomic E-state index is 14.0. The van der Waals surface area contributed by atoms with Gasteiger partial charge in [-0.25, -0.2) is 4.39 Å². The predicted octanol–water partition coefficient (Wildman–Crippen LogP) is 3.51. The molecule has 1 aromatic rings. The van der Waals surface area contributed by atoms with Crippen LogP contribution in [0.25, 0.3) is 0 Å². The fourth-order valence-electron chi connectivity index (χ4n) is 1.95. The quantitative estimate of drug-likeness (QED) is 0.825. The maximum atomic E-state index is 14.0. The zero-order valence-corrected chi connectivity index (χ0v) is 13.4. The minimum Gasteiger partial charge on any atom is -0.371 e. The van der Waals surface area contributed by atoms with Crippen molar-refractivity contribution in [3.63, 3.8) is 0 Å². The third-order valence-electron chi connectivity index (χ3n) is 3.23. The van der Waals surface area contributed by atoms with E-state index in [4.69, 9.17) is 0 Å². The SMILES string of the molecule is CSCC(C)N(C)c1cccc(F)c1CNC(C)C. The van der Waals surface area contributed by atoms with E-state index in [1.54, 1.807) is 6.07 Å². The number of hydrogen-bond donors (Lipinski definition) is 1. The predicted molar refractivity (Wildman–Crippen MR) is 84.6 cm³/mol. The van der Waals surface area contributed by atoms with Crippen molar-refractivity contribution in [2.75, 3.05) is 24.0 Å².